The number of halogens is 1. The molecule has 16 heavy (non-hydrogen) atoms. The van der Waals surface area contributed by atoms with Gasteiger partial charge in [-0.15, -0.1) is 0 Å². The molecule has 84 valence electrons. The Morgan fingerprint density at radius 2 is 2.38 bits per heavy atom. The number of nitro groups is 1. The molecule has 1 rings (SSSR count). The highest BCUT2D eigenvalue weighted by Crippen LogP contribution is 2.24. The largest absolute Gasteiger partial charge is 0.392 e. The summed E-state index contributed by atoms with van der Waals surface area (Å²) in [5, 5.41) is 11.0. The zero-order valence-corrected chi connectivity index (χ0v) is 9.66. The molecule has 0 aliphatic rings. The van der Waals surface area contributed by atoms with Crippen molar-refractivity contribution in [3.63, 3.8) is 0 Å². The minimum atomic E-state index is -0.520. The van der Waals surface area contributed by atoms with Gasteiger partial charge in [-0.3, -0.25) is 15.1 Å². The number of rotatable bonds is 4. The van der Waals surface area contributed by atoms with Crippen molar-refractivity contribution in [2.24, 2.45) is 10.7 Å². The van der Waals surface area contributed by atoms with Gasteiger partial charge in [0.1, 0.15) is 0 Å². The van der Waals surface area contributed by atoms with E-state index in [9.17, 15) is 10.1 Å². The van der Waals surface area contributed by atoms with E-state index in [1.54, 1.807) is 6.07 Å². The fourth-order valence-electron chi connectivity index (χ4n) is 1.04. The topological polar surface area (TPSA) is 81.5 Å². The Morgan fingerprint density at radius 3 is 2.94 bits per heavy atom. The monoisotopic (exact) mass is 257 g/mol. The van der Waals surface area contributed by atoms with Gasteiger partial charge in [0.15, 0.2) is 0 Å². The van der Waals surface area contributed by atoms with Crippen molar-refractivity contribution in [2.75, 3.05) is 6.54 Å². The molecule has 1 aromatic carbocycles. The fourth-order valence-corrected chi connectivity index (χ4v) is 1.33. The van der Waals surface area contributed by atoms with Crippen LogP contribution in [0.5, 0.6) is 0 Å². The van der Waals surface area contributed by atoms with E-state index in [4.69, 9.17) is 17.3 Å². The van der Waals surface area contributed by atoms with E-state index >= 15 is 0 Å². The molecule has 0 amide bonds. The maximum absolute atomic E-state index is 10.7. The first-order valence-electron chi connectivity index (χ1n) is 4.23. The van der Waals surface area contributed by atoms with Crippen LogP contribution >= 0.6 is 23.8 Å². The quantitative estimate of drug-likeness (QED) is 0.387. The van der Waals surface area contributed by atoms with E-state index in [-0.39, 0.29) is 27.8 Å². The summed E-state index contributed by atoms with van der Waals surface area (Å²) in [5.41, 5.74) is 5.40. The van der Waals surface area contributed by atoms with Crippen LogP contribution < -0.4 is 5.73 Å². The Morgan fingerprint density at radius 1 is 1.69 bits per heavy atom. The molecule has 0 saturated heterocycles. The SMILES string of the molecule is NC(=S)CN=Cc1c(Cl)cccc1[N+](=O)[O-]. The molecule has 7 heteroatoms. The summed E-state index contributed by atoms with van der Waals surface area (Å²) >= 11 is 10.5. The van der Waals surface area contributed by atoms with Gasteiger partial charge in [0.25, 0.3) is 5.69 Å². The first kappa shape index (κ1) is 12.5. The van der Waals surface area contributed by atoms with Gasteiger partial charge < -0.3 is 5.73 Å². The number of hydrogen-bond donors (Lipinski definition) is 1. The number of hydrogen-bond acceptors (Lipinski definition) is 4. The van der Waals surface area contributed by atoms with Crippen LogP contribution in [0, 0.1) is 10.1 Å². The number of thiocarbonyl (C=S) groups is 1. The Kier molecular flexibility index (Phi) is 4.33. The summed E-state index contributed by atoms with van der Waals surface area (Å²) in [6.45, 7) is 0.137. The van der Waals surface area contributed by atoms with Gasteiger partial charge in [-0.1, -0.05) is 29.9 Å². The Hall–Kier alpha value is -1.53. The average molecular weight is 258 g/mol. The van der Waals surface area contributed by atoms with E-state index < -0.39 is 4.92 Å². The molecule has 0 atom stereocenters. The Balaban J connectivity index is 3.06. The second-order valence-electron chi connectivity index (χ2n) is 2.87. The summed E-state index contributed by atoms with van der Waals surface area (Å²) < 4.78 is 0. The van der Waals surface area contributed by atoms with Crippen LogP contribution in [0.15, 0.2) is 23.2 Å². The van der Waals surface area contributed by atoms with Crippen LogP contribution in [-0.2, 0) is 0 Å². The molecule has 1 aromatic rings. The van der Waals surface area contributed by atoms with Crippen LogP contribution in [-0.4, -0.2) is 22.7 Å². The van der Waals surface area contributed by atoms with Crippen LogP contribution in [0.3, 0.4) is 0 Å². The van der Waals surface area contributed by atoms with E-state index in [0.29, 0.717) is 0 Å². The summed E-state index contributed by atoms with van der Waals surface area (Å²) in [7, 11) is 0. The molecule has 0 aliphatic carbocycles. The van der Waals surface area contributed by atoms with Gasteiger partial charge in [0, 0.05) is 12.3 Å². The third-order valence-electron chi connectivity index (χ3n) is 1.69. The van der Waals surface area contributed by atoms with Gasteiger partial charge in [0.2, 0.25) is 0 Å². The zero-order chi connectivity index (χ0) is 12.1. The molecule has 0 saturated carbocycles. The van der Waals surface area contributed by atoms with Gasteiger partial charge in [0.05, 0.1) is 27.0 Å². The molecule has 2 N–H and O–H groups in total. The van der Waals surface area contributed by atoms with E-state index in [2.05, 4.69) is 17.2 Å². The predicted molar refractivity (Wildman–Crippen MR) is 67.4 cm³/mol. The smallest absolute Gasteiger partial charge is 0.279 e. The third-order valence-corrected chi connectivity index (χ3v) is 2.15. The van der Waals surface area contributed by atoms with Gasteiger partial charge in [-0.05, 0) is 6.07 Å². The van der Waals surface area contributed by atoms with Crippen molar-refractivity contribution in [3.05, 3.63) is 38.9 Å². The summed E-state index contributed by atoms with van der Waals surface area (Å²) in [4.78, 5) is 14.3. The van der Waals surface area contributed by atoms with Crippen LogP contribution in [0.25, 0.3) is 0 Å². The third kappa shape index (κ3) is 3.25. The summed E-state index contributed by atoms with van der Waals surface area (Å²) in [6.07, 6.45) is 1.31. The molecule has 0 radical (unpaired) electrons. The number of nitro benzene ring substituents is 1. The highest BCUT2D eigenvalue weighted by atomic mass is 35.5. The lowest BCUT2D eigenvalue weighted by Gasteiger charge is -1.99. The highest BCUT2D eigenvalue weighted by molar-refractivity contribution is 7.80. The Bertz CT molecular complexity index is 462. The van der Waals surface area contributed by atoms with E-state index in [1.807, 2.05) is 0 Å². The first-order chi connectivity index (χ1) is 7.52. The lowest BCUT2D eigenvalue weighted by molar-refractivity contribution is -0.385. The van der Waals surface area contributed by atoms with Crippen LogP contribution in [0.2, 0.25) is 5.02 Å². The van der Waals surface area contributed by atoms with Gasteiger partial charge in [-0.2, -0.15) is 0 Å². The number of nitrogens with zero attached hydrogens (tertiary/aromatic N) is 2. The number of aliphatic imine (C=N–C) groups is 1. The van der Waals surface area contributed by atoms with Crippen molar-refractivity contribution in [1.82, 2.24) is 0 Å². The number of nitrogens with two attached hydrogens (primary N) is 1. The van der Waals surface area contributed by atoms with Crippen LogP contribution in [0.4, 0.5) is 5.69 Å². The molecule has 0 fully saturated rings. The minimum Gasteiger partial charge on any atom is -0.392 e. The predicted octanol–water partition coefficient (Wildman–Crippen LogP) is 1.95. The fraction of sp³-hybridized carbons (Fsp3) is 0.111. The van der Waals surface area contributed by atoms with Gasteiger partial charge in [-0.25, -0.2) is 0 Å². The van der Waals surface area contributed by atoms with E-state index in [1.165, 1.54) is 18.3 Å². The van der Waals surface area contributed by atoms with E-state index in [0.717, 1.165) is 0 Å². The molecular formula is C9H8ClN3O2S. The molecule has 0 bridgehead atoms. The maximum atomic E-state index is 10.7. The highest BCUT2D eigenvalue weighted by Gasteiger charge is 2.14. The standard InChI is InChI=1S/C9H8ClN3O2S/c10-7-2-1-3-8(13(14)15)6(7)4-12-5-9(11)16/h1-4H,5H2,(H2,11,16). The Labute approximate surface area is 102 Å². The molecule has 0 aromatic heterocycles. The molecule has 5 nitrogen and oxygen atoms in total. The molecule has 0 unspecified atom stereocenters. The second-order valence-corrected chi connectivity index (χ2v) is 3.80. The molecule has 0 aliphatic heterocycles. The average Bonchev–Trinajstić information content (AvgIpc) is 2.19. The van der Waals surface area contributed by atoms with Crippen molar-refractivity contribution in [2.45, 2.75) is 0 Å². The normalized spacial score (nSPS) is 10.6. The molecule has 0 spiro atoms. The lowest BCUT2D eigenvalue weighted by Crippen LogP contribution is -2.11. The van der Waals surface area contributed by atoms with Gasteiger partial charge >= 0.3 is 0 Å². The number of benzene rings is 1. The zero-order valence-electron chi connectivity index (χ0n) is 8.09. The van der Waals surface area contributed by atoms with Crippen molar-refractivity contribution in [1.29, 1.82) is 0 Å². The summed E-state index contributed by atoms with van der Waals surface area (Å²) in [5.74, 6) is 0. The summed E-state index contributed by atoms with van der Waals surface area (Å²) in [6, 6.07) is 4.41. The first-order valence-corrected chi connectivity index (χ1v) is 5.02. The molecular weight excluding hydrogens is 250 g/mol. The maximum Gasteiger partial charge on any atom is 0.279 e. The van der Waals surface area contributed by atoms with Crippen molar-refractivity contribution in [3.8, 4) is 0 Å². The lowest BCUT2D eigenvalue weighted by atomic mass is 10.2. The van der Waals surface area contributed by atoms with Crippen molar-refractivity contribution >= 4 is 40.7 Å². The van der Waals surface area contributed by atoms with Crippen LogP contribution in [0.1, 0.15) is 5.56 Å². The molecule has 0 heterocycles. The van der Waals surface area contributed by atoms with Crippen molar-refractivity contribution < 1.29 is 4.92 Å². The minimum absolute atomic E-state index is 0.0980. The second kappa shape index (κ2) is 5.53.